The van der Waals surface area contributed by atoms with Crippen LogP contribution in [0.4, 0.5) is 0 Å². The van der Waals surface area contributed by atoms with Crippen LogP contribution in [0.15, 0.2) is 50.1 Å². The van der Waals surface area contributed by atoms with Crippen molar-refractivity contribution in [2.45, 2.75) is 4.83 Å². The highest BCUT2D eigenvalue weighted by Crippen LogP contribution is 2.35. The molecule has 3 aromatic rings. The van der Waals surface area contributed by atoms with Crippen LogP contribution in [0, 0.1) is 0 Å². The first kappa shape index (κ1) is 13.9. The molecule has 0 saturated heterocycles. The largest absolute Gasteiger partial charge is 0.417 e. The molecule has 0 radical (unpaired) electrons. The summed E-state index contributed by atoms with van der Waals surface area (Å²) in [6.45, 7) is 0. The first-order chi connectivity index (χ1) is 9.54. The van der Waals surface area contributed by atoms with E-state index in [9.17, 15) is 4.79 Å². The molecule has 0 spiro atoms. The Bertz CT molecular complexity index is 841. The average Bonchev–Trinajstić information content (AvgIpc) is 2.80. The van der Waals surface area contributed by atoms with Crippen LogP contribution >= 0.6 is 43.5 Å². The van der Waals surface area contributed by atoms with Gasteiger partial charge in [-0.15, -0.1) is 0 Å². The van der Waals surface area contributed by atoms with E-state index in [1.807, 2.05) is 36.4 Å². The zero-order chi connectivity index (χ0) is 14.3. The highest BCUT2D eigenvalue weighted by Gasteiger charge is 2.13. The van der Waals surface area contributed by atoms with Gasteiger partial charge in [-0.2, -0.15) is 0 Å². The van der Waals surface area contributed by atoms with Crippen LogP contribution in [0.1, 0.15) is 16.0 Å². The fraction of sp³-hybridized carbons (Fsp3) is 0.0714. The summed E-state index contributed by atoms with van der Waals surface area (Å²) in [7, 11) is 0. The summed E-state index contributed by atoms with van der Waals surface area (Å²) in [5.41, 5.74) is 3.24. The van der Waals surface area contributed by atoms with Crippen LogP contribution in [-0.4, -0.2) is 4.98 Å². The normalized spacial score (nSPS) is 12.8. The molecule has 1 atom stereocenters. The minimum atomic E-state index is -0.449. The van der Waals surface area contributed by atoms with E-state index in [0.717, 1.165) is 15.6 Å². The second kappa shape index (κ2) is 5.39. The lowest BCUT2D eigenvalue weighted by Crippen LogP contribution is -1.93. The first-order valence-electron chi connectivity index (χ1n) is 5.76. The molecule has 1 heterocycles. The van der Waals surface area contributed by atoms with Crippen molar-refractivity contribution in [1.29, 1.82) is 0 Å². The van der Waals surface area contributed by atoms with E-state index in [1.54, 1.807) is 0 Å². The molecule has 3 rings (SSSR count). The number of benzene rings is 2. The highest BCUT2D eigenvalue weighted by atomic mass is 79.9. The number of H-pyrrole nitrogens is 1. The van der Waals surface area contributed by atoms with E-state index < -0.39 is 5.76 Å². The van der Waals surface area contributed by atoms with Crippen molar-refractivity contribution in [2.24, 2.45) is 0 Å². The van der Waals surface area contributed by atoms with E-state index in [2.05, 4.69) is 36.8 Å². The summed E-state index contributed by atoms with van der Waals surface area (Å²) in [6.07, 6.45) is 0. The molecule has 3 nitrogen and oxygen atoms in total. The summed E-state index contributed by atoms with van der Waals surface area (Å²) in [5.74, 6) is -0.449. The molecule has 1 aromatic heterocycles. The number of halogens is 3. The Hall–Kier alpha value is -1.04. The van der Waals surface area contributed by atoms with Gasteiger partial charge in [0.05, 0.1) is 15.4 Å². The lowest BCUT2D eigenvalue weighted by Gasteiger charge is -2.11. The Kier molecular flexibility index (Phi) is 3.75. The van der Waals surface area contributed by atoms with Gasteiger partial charge in [-0.1, -0.05) is 39.7 Å². The standard InChI is InChI=1S/C14H8Br2ClNO2/c15-9-3-1-7(5-10(9)17)13(16)8-2-4-11-12(6-8)20-14(19)18-11/h1-6,13H,(H,18,19). The number of hydrogen-bond acceptors (Lipinski definition) is 2. The lowest BCUT2D eigenvalue weighted by molar-refractivity contribution is 0.555. The second-order valence-corrected chi connectivity index (χ2v) is 6.48. The first-order valence-corrected chi connectivity index (χ1v) is 7.85. The molecular formula is C14H8Br2ClNO2. The molecule has 0 bridgehead atoms. The van der Waals surface area contributed by atoms with Gasteiger partial charge in [0.2, 0.25) is 0 Å². The van der Waals surface area contributed by atoms with Crippen molar-refractivity contribution in [1.82, 2.24) is 4.98 Å². The number of nitrogens with one attached hydrogen (secondary N) is 1. The number of hydrogen-bond donors (Lipinski definition) is 1. The van der Waals surface area contributed by atoms with Gasteiger partial charge in [-0.3, -0.25) is 4.98 Å². The maximum absolute atomic E-state index is 11.2. The topological polar surface area (TPSA) is 46.0 Å². The van der Waals surface area contributed by atoms with Gasteiger partial charge in [0.25, 0.3) is 0 Å². The molecule has 2 aromatic carbocycles. The highest BCUT2D eigenvalue weighted by molar-refractivity contribution is 9.10. The summed E-state index contributed by atoms with van der Waals surface area (Å²) < 4.78 is 5.93. The molecule has 0 fully saturated rings. The smallest absolute Gasteiger partial charge is 0.408 e. The third-order valence-electron chi connectivity index (χ3n) is 2.97. The predicted molar refractivity (Wildman–Crippen MR) is 86.8 cm³/mol. The van der Waals surface area contributed by atoms with Gasteiger partial charge >= 0.3 is 5.76 Å². The summed E-state index contributed by atoms with van der Waals surface area (Å²) >= 11 is 13.1. The van der Waals surface area contributed by atoms with Crippen molar-refractivity contribution in [3.8, 4) is 0 Å². The Morgan fingerprint density at radius 3 is 2.60 bits per heavy atom. The fourth-order valence-electron chi connectivity index (χ4n) is 1.98. The van der Waals surface area contributed by atoms with Crippen molar-refractivity contribution in [3.63, 3.8) is 0 Å². The second-order valence-electron chi connectivity index (χ2n) is 4.31. The maximum Gasteiger partial charge on any atom is 0.417 e. The lowest BCUT2D eigenvalue weighted by atomic mass is 10.0. The van der Waals surface area contributed by atoms with Crippen LogP contribution in [-0.2, 0) is 0 Å². The fourth-order valence-corrected chi connectivity index (χ4v) is 2.99. The van der Waals surface area contributed by atoms with Gasteiger partial charge in [0.15, 0.2) is 5.58 Å². The molecule has 0 saturated carbocycles. The van der Waals surface area contributed by atoms with Crippen LogP contribution in [0.25, 0.3) is 11.1 Å². The molecule has 1 N–H and O–H groups in total. The van der Waals surface area contributed by atoms with Crippen LogP contribution in [0.2, 0.25) is 5.02 Å². The van der Waals surface area contributed by atoms with Crippen molar-refractivity contribution >= 4 is 54.6 Å². The Morgan fingerprint density at radius 2 is 1.85 bits per heavy atom. The molecule has 20 heavy (non-hydrogen) atoms. The van der Waals surface area contributed by atoms with Crippen molar-refractivity contribution < 1.29 is 4.42 Å². The average molecular weight is 417 g/mol. The van der Waals surface area contributed by atoms with E-state index in [1.165, 1.54) is 0 Å². The minimum absolute atomic E-state index is 0.0299. The number of aromatic amines is 1. The van der Waals surface area contributed by atoms with Gasteiger partial charge in [0.1, 0.15) is 0 Å². The van der Waals surface area contributed by atoms with Gasteiger partial charge < -0.3 is 4.42 Å². The van der Waals surface area contributed by atoms with E-state index in [4.69, 9.17) is 16.0 Å². The molecule has 0 aliphatic heterocycles. The van der Waals surface area contributed by atoms with Crippen molar-refractivity contribution in [2.75, 3.05) is 0 Å². The van der Waals surface area contributed by atoms with Crippen LogP contribution in [0.5, 0.6) is 0 Å². The molecule has 1 unspecified atom stereocenters. The van der Waals surface area contributed by atoms with E-state index >= 15 is 0 Å². The number of oxazole rings is 1. The third kappa shape index (κ3) is 2.57. The van der Waals surface area contributed by atoms with Crippen LogP contribution < -0.4 is 5.76 Å². The van der Waals surface area contributed by atoms with E-state index in [-0.39, 0.29) is 4.83 Å². The Morgan fingerprint density at radius 1 is 1.15 bits per heavy atom. The van der Waals surface area contributed by atoms with Crippen LogP contribution in [0.3, 0.4) is 0 Å². The summed E-state index contributed by atoms with van der Waals surface area (Å²) in [5, 5.41) is 0.654. The Labute approximate surface area is 136 Å². The molecular weight excluding hydrogens is 409 g/mol. The maximum atomic E-state index is 11.2. The zero-order valence-corrected chi connectivity index (χ0v) is 13.9. The molecule has 0 aliphatic rings. The third-order valence-corrected chi connectivity index (χ3v) is 5.26. The zero-order valence-electron chi connectivity index (χ0n) is 9.99. The summed E-state index contributed by atoms with van der Waals surface area (Å²) in [4.78, 5) is 13.8. The SMILES string of the molecule is O=c1[nH]c2ccc(C(Br)c3ccc(Br)c(Cl)c3)cc2o1. The molecule has 102 valence electrons. The van der Waals surface area contributed by atoms with Gasteiger partial charge in [-0.25, -0.2) is 4.79 Å². The number of fused-ring (bicyclic) bond motifs is 1. The number of rotatable bonds is 2. The van der Waals surface area contributed by atoms with Crippen molar-refractivity contribution in [3.05, 3.63) is 67.6 Å². The number of alkyl halides is 1. The van der Waals surface area contributed by atoms with Gasteiger partial charge in [-0.05, 0) is 51.3 Å². The van der Waals surface area contributed by atoms with Gasteiger partial charge in [0, 0.05) is 4.47 Å². The number of aromatic nitrogens is 1. The summed E-state index contributed by atoms with van der Waals surface area (Å²) in [6, 6.07) is 11.4. The molecule has 0 aliphatic carbocycles. The van der Waals surface area contributed by atoms with E-state index in [0.29, 0.717) is 16.1 Å². The Balaban J connectivity index is 2.04. The predicted octanol–water partition coefficient (Wildman–Crippen LogP) is 5.02. The molecule has 6 heteroatoms. The molecule has 0 amide bonds. The minimum Gasteiger partial charge on any atom is -0.408 e. The monoisotopic (exact) mass is 415 g/mol. The quantitative estimate of drug-likeness (QED) is 0.595.